The molecule has 0 bridgehead atoms. The maximum atomic E-state index is 11.4. The number of aryl methyl sites for hydroxylation is 1. The van der Waals surface area contributed by atoms with E-state index in [0.29, 0.717) is 18.1 Å². The molecule has 3 N–H and O–H groups in total. The molecular formula is C10H17N3O2S. The van der Waals surface area contributed by atoms with Crippen molar-refractivity contribution in [3.05, 3.63) is 11.1 Å². The lowest BCUT2D eigenvalue weighted by molar-refractivity contribution is 0.243. The van der Waals surface area contributed by atoms with Crippen molar-refractivity contribution in [3.63, 3.8) is 0 Å². The van der Waals surface area contributed by atoms with E-state index in [9.17, 15) is 4.79 Å². The largest absolute Gasteiger partial charge is 0.396 e. The Labute approximate surface area is 98.9 Å². The number of aromatic nitrogens is 1. The molecule has 0 aromatic carbocycles. The zero-order chi connectivity index (χ0) is 12.0. The third kappa shape index (κ3) is 4.59. The van der Waals surface area contributed by atoms with Crippen LogP contribution in [0.15, 0.2) is 6.20 Å². The van der Waals surface area contributed by atoms with Gasteiger partial charge in [0.2, 0.25) is 0 Å². The highest BCUT2D eigenvalue weighted by molar-refractivity contribution is 7.15. The molecule has 0 saturated heterocycles. The molecule has 0 fully saturated rings. The van der Waals surface area contributed by atoms with Gasteiger partial charge in [-0.05, 0) is 19.3 Å². The van der Waals surface area contributed by atoms with Crippen molar-refractivity contribution in [2.24, 2.45) is 5.92 Å². The van der Waals surface area contributed by atoms with E-state index in [1.807, 2.05) is 13.8 Å². The van der Waals surface area contributed by atoms with Crippen molar-refractivity contribution < 1.29 is 9.90 Å². The number of hydrogen-bond donors (Lipinski definition) is 3. The molecule has 1 atom stereocenters. The summed E-state index contributed by atoms with van der Waals surface area (Å²) in [4.78, 5) is 16.5. The van der Waals surface area contributed by atoms with Gasteiger partial charge in [0.25, 0.3) is 0 Å². The number of aliphatic hydroxyl groups excluding tert-OH is 1. The number of aliphatic hydroxyl groups is 1. The lowest BCUT2D eigenvalue weighted by Gasteiger charge is -2.10. The lowest BCUT2D eigenvalue weighted by Crippen LogP contribution is -2.32. The van der Waals surface area contributed by atoms with E-state index >= 15 is 0 Å². The van der Waals surface area contributed by atoms with Crippen molar-refractivity contribution in [1.82, 2.24) is 10.3 Å². The third-order valence-electron chi connectivity index (χ3n) is 2.07. The number of nitrogens with zero attached hydrogens (tertiary/aromatic N) is 1. The van der Waals surface area contributed by atoms with E-state index in [-0.39, 0.29) is 18.6 Å². The van der Waals surface area contributed by atoms with Crippen LogP contribution in [-0.4, -0.2) is 29.3 Å². The van der Waals surface area contributed by atoms with Crippen LogP contribution in [0.1, 0.15) is 18.2 Å². The zero-order valence-electron chi connectivity index (χ0n) is 9.49. The summed E-state index contributed by atoms with van der Waals surface area (Å²) in [7, 11) is 0. The highest BCUT2D eigenvalue weighted by Gasteiger charge is 2.06. The normalized spacial score (nSPS) is 12.2. The zero-order valence-corrected chi connectivity index (χ0v) is 10.3. The van der Waals surface area contributed by atoms with E-state index in [4.69, 9.17) is 5.11 Å². The van der Waals surface area contributed by atoms with Gasteiger partial charge in [0.1, 0.15) is 0 Å². The molecule has 0 aliphatic carbocycles. The summed E-state index contributed by atoms with van der Waals surface area (Å²) in [5.74, 6) is 0.272. The second kappa shape index (κ2) is 6.44. The van der Waals surface area contributed by atoms with Crippen molar-refractivity contribution in [3.8, 4) is 0 Å². The number of anilines is 1. The first-order chi connectivity index (χ1) is 7.61. The van der Waals surface area contributed by atoms with Crippen LogP contribution >= 0.6 is 11.3 Å². The van der Waals surface area contributed by atoms with Crippen LogP contribution in [-0.2, 0) is 0 Å². The molecule has 0 aliphatic heterocycles. The fourth-order valence-corrected chi connectivity index (χ4v) is 1.80. The minimum absolute atomic E-state index is 0.149. The number of carbonyl (C=O) groups is 1. The van der Waals surface area contributed by atoms with Crippen molar-refractivity contribution in [2.75, 3.05) is 18.5 Å². The Morgan fingerprint density at radius 3 is 3.00 bits per heavy atom. The number of urea groups is 1. The van der Waals surface area contributed by atoms with E-state index in [2.05, 4.69) is 15.6 Å². The molecule has 1 aromatic rings. The summed E-state index contributed by atoms with van der Waals surface area (Å²) in [5.41, 5.74) is 0. The molecule has 1 heterocycles. The topological polar surface area (TPSA) is 74.2 Å². The van der Waals surface area contributed by atoms with Crippen LogP contribution in [0.5, 0.6) is 0 Å². The van der Waals surface area contributed by atoms with Gasteiger partial charge in [0.15, 0.2) is 5.13 Å². The Hall–Kier alpha value is -1.14. The number of nitrogens with one attached hydrogen (secondary N) is 2. The number of thiazole rings is 1. The minimum Gasteiger partial charge on any atom is -0.396 e. The molecule has 6 heteroatoms. The standard InChI is InChI=1S/C10H17N3O2S/c1-7(3-4-14)5-11-9(15)13-10-12-6-8(2)16-10/h6-7,14H,3-5H2,1-2H3,(H2,11,12,13,15). The van der Waals surface area contributed by atoms with Crippen LogP contribution in [0.4, 0.5) is 9.93 Å². The van der Waals surface area contributed by atoms with Gasteiger partial charge in [-0.2, -0.15) is 0 Å². The summed E-state index contributed by atoms with van der Waals surface area (Å²) >= 11 is 1.44. The first kappa shape index (κ1) is 12.9. The smallest absolute Gasteiger partial charge is 0.321 e. The lowest BCUT2D eigenvalue weighted by atomic mass is 10.1. The predicted octanol–water partition coefficient (Wildman–Crippen LogP) is 1.59. The molecule has 90 valence electrons. The van der Waals surface area contributed by atoms with Crippen LogP contribution in [0.25, 0.3) is 0 Å². The summed E-state index contributed by atoms with van der Waals surface area (Å²) in [6, 6.07) is -0.251. The first-order valence-corrected chi connectivity index (χ1v) is 6.01. The van der Waals surface area contributed by atoms with E-state index in [0.717, 1.165) is 4.88 Å². The highest BCUT2D eigenvalue weighted by atomic mass is 32.1. The molecule has 2 amide bonds. The van der Waals surface area contributed by atoms with Crippen molar-refractivity contribution in [1.29, 1.82) is 0 Å². The molecule has 1 rings (SSSR count). The SMILES string of the molecule is Cc1cnc(NC(=O)NCC(C)CCO)s1. The molecule has 0 spiro atoms. The second-order valence-corrected chi connectivity index (χ2v) is 4.96. The van der Waals surface area contributed by atoms with Gasteiger partial charge in [-0.1, -0.05) is 6.92 Å². The Bertz CT molecular complexity index is 341. The fourth-order valence-electron chi connectivity index (χ4n) is 1.14. The molecule has 0 radical (unpaired) electrons. The van der Waals surface area contributed by atoms with Gasteiger partial charge in [0.05, 0.1) is 0 Å². The second-order valence-electron chi connectivity index (χ2n) is 3.73. The molecular weight excluding hydrogens is 226 g/mol. The predicted molar refractivity (Wildman–Crippen MR) is 64.7 cm³/mol. The Balaban J connectivity index is 2.26. The molecule has 0 saturated carbocycles. The maximum absolute atomic E-state index is 11.4. The number of amides is 2. The monoisotopic (exact) mass is 243 g/mol. The average molecular weight is 243 g/mol. The molecule has 1 unspecified atom stereocenters. The van der Waals surface area contributed by atoms with E-state index in [1.54, 1.807) is 6.20 Å². The van der Waals surface area contributed by atoms with Crippen LogP contribution in [0.2, 0.25) is 0 Å². The molecule has 1 aromatic heterocycles. The molecule has 16 heavy (non-hydrogen) atoms. The van der Waals surface area contributed by atoms with Gasteiger partial charge in [0, 0.05) is 24.2 Å². The summed E-state index contributed by atoms with van der Waals surface area (Å²) < 4.78 is 0. The average Bonchev–Trinajstić information content (AvgIpc) is 2.61. The van der Waals surface area contributed by atoms with Gasteiger partial charge in [-0.3, -0.25) is 5.32 Å². The highest BCUT2D eigenvalue weighted by Crippen LogP contribution is 2.15. The first-order valence-electron chi connectivity index (χ1n) is 5.20. The van der Waals surface area contributed by atoms with Crippen LogP contribution in [0.3, 0.4) is 0 Å². The quantitative estimate of drug-likeness (QED) is 0.735. The van der Waals surface area contributed by atoms with Gasteiger partial charge < -0.3 is 10.4 Å². The number of hydrogen-bond acceptors (Lipinski definition) is 4. The van der Waals surface area contributed by atoms with Gasteiger partial charge >= 0.3 is 6.03 Å². The third-order valence-corrected chi connectivity index (χ3v) is 2.90. The van der Waals surface area contributed by atoms with Crippen molar-refractivity contribution in [2.45, 2.75) is 20.3 Å². The maximum Gasteiger partial charge on any atom is 0.321 e. The van der Waals surface area contributed by atoms with E-state index < -0.39 is 0 Å². The van der Waals surface area contributed by atoms with Gasteiger partial charge in [-0.15, -0.1) is 11.3 Å². The molecule has 0 aliphatic rings. The fraction of sp³-hybridized carbons (Fsp3) is 0.600. The van der Waals surface area contributed by atoms with Crippen LogP contribution in [0, 0.1) is 12.8 Å². The van der Waals surface area contributed by atoms with Gasteiger partial charge in [-0.25, -0.2) is 9.78 Å². The van der Waals surface area contributed by atoms with Crippen LogP contribution < -0.4 is 10.6 Å². The number of rotatable bonds is 5. The van der Waals surface area contributed by atoms with Crippen molar-refractivity contribution >= 4 is 22.5 Å². The summed E-state index contributed by atoms with van der Waals surface area (Å²) in [6.07, 6.45) is 2.41. The number of carbonyl (C=O) groups excluding carboxylic acids is 1. The Morgan fingerprint density at radius 2 is 2.44 bits per heavy atom. The van der Waals surface area contributed by atoms with E-state index in [1.165, 1.54) is 11.3 Å². The molecule has 5 nitrogen and oxygen atoms in total. The summed E-state index contributed by atoms with van der Waals surface area (Å²) in [5, 5.41) is 14.7. The minimum atomic E-state index is -0.251. The Kier molecular flexibility index (Phi) is 5.21. The Morgan fingerprint density at radius 1 is 1.69 bits per heavy atom. The summed E-state index contributed by atoms with van der Waals surface area (Å²) in [6.45, 7) is 4.61.